The van der Waals surface area contributed by atoms with Crippen LogP contribution in [0.15, 0.2) is 0 Å². The number of carbonyl (C=O) groups excluding carboxylic acids is 2. The number of fused-ring (bicyclic) bond motifs is 2. The number of hydrogen-bond donors (Lipinski definition) is 0. The highest BCUT2D eigenvalue weighted by atomic mass is 16.5. The number of ketones is 1. The summed E-state index contributed by atoms with van der Waals surface area (Å²) < 4.78 is 4.98. The van der Waals surface area contributed by atoms with Crippen LogP contribution in [-0.2, 0) is 14.3 Å². The zero-order chi connectivity index (χ0) is 10.8. The van der Waals surface area contributed by atoms with Gasteiger partial charge >= 0.3 is 5.97 Å². The van der Waals surface area contributed by atoms with Gasteiger partial charge in [-0.2, -0.15) is 0 Å². The fourth-order valence-corrected chi connectivity index (χ4v) is 3.05. The summed E-state index contributed by atoms with van der Waals surface area (Å²) in [6.45, 7) is 2.16. The van der Waals surface area contributed by atoms with E-state index in [1.165, 1.54) is 6.42 Å². The van der Waals surface area contributed by atoms with E-state index in [9.17, 15) is 9.59 Å². The van der Waals surface area contributed by atoms with Crippen molar-refractivity contribution >= 4 is 11.8 Å². The average Bonchev–Trinajstić information content (AvgIpc) is 2.17. The Balaban J connectivity index is 2.08. The summed E-state index contributed by atoms with van der Waals surface area (Å²) in [6, 6.07) is 0. The normalized spacial score (nSPS) is 35.0. The van der Waals surface area contributed by atoms with Gasteiger partial charge in [0.25, 0.3) is 0 Å². The van der Waals surface area contributed by atoms with Crippen molar-refractivity contribution in [3.05, 3.63) is 0 Å². The number of rotatable bonds is 2. The molecule has 0 aromatic carbocycles. The fraction of sp³-hybridized carbons (Fsp3) is 0.833. The molecule has 2 bridgehead atoms. The Bertz CT molecular complexity index is 264. The van der Waals surface area contributed by atoms with E-state index in [-0.39, 0.29) is 17.7 Å². The Morgan fingerprint density at radius 1 is 1.47 bits per heavy atom. The number of carbonyl (C=O) groups is 2. The lowest BCUT2D eigenvalue weighted by Crippen LogP contribution is -2.41. The standard InChI is InChI=1S/C12H18O3/c1-2-15-12(14)11-9-5-3-4-8(6-9)7-10(11)13/h8-9,11H,2-7H2,1H3. The van der Waals surface area contributed by atoms with Gasteiger partial charge in [0.05, 0.1) is 6.61 Å². The number of hydrogen-bond acceptors (Lipinski definition) is 3. The lowest BCUT2D eigenvalue weighted by molar-refractivity contribution is -0.157. The molecule has 2 saturated carbocycles. The number of esters is 1. The van der Waals surface area contributed by atoms with Crippen molar-refractivity contribution in [1.82, 2.24) is 0 Å². The monoisotopic (exact) mass is 210 g/mol. The lowest BCUT2D eigenvalue weighted by atomic mass is 9.66. The van der Waals surface area contributed by atoms with Gasteiger partial charge in [-0.1, -0.05) is 12.8 Å². The van der Waals surface area contributed by atoms with Crippen LogP contribution < -0.4 is 0 Å². The maximum atomic E-state index is 11.8. The first kappa shape index (κ1) is 10.7. The molecule has 84 valence electrons. The molecule has 2 aliphatic rings. The van der Waals surface area contributed by atoms with Crippen LogP contribution in [0.5, 0.6) is 0 Å². The molecule has 2 aliphatic carbocycles. The van der Waals surface area contributed by atoms with Gasteiger partial charge in [0.1, 0.15) is 11.7 Å². The Morgan fingerprint density at radius 2 is 2.27 bits per heavy atom. The molecule has 0 radical (unpaired) electrons. The van der Waals surface area contributed by atoms with Crippen molar-refractivity contribution in [1.29, 1.82) is 0 Å². The molecule has 0 aromatic heterocycles. The van der Waals surface area contributed by atoms with E-state index >= 15 is 0 Å². The third-order valence-corrected chi connectivity index (χ3v) is 3.67. The fourth-order valence-electron chi connectivity index (χ4n) is 3.05. The maximum Gasteiger partial charge on any atom is 0.316 e. The molecule has 0 amide bonds. The second-order valence-electron chi connectivity index (χ2n) is 4.69. The second-order valence-corrected chi connectivity index (χ2v) is 4.69. The van der Waals surface area contributed by atoms with E-state index in [0.29, 0.717) is 18.9 Å². The highest BCUT2D eigenvalue weighted by molar-refractivity contribution is 6.00. The van der Waals surface area contributed by atoms with Crippen molar-refractivity contribution < 1.29 is 14.3 Å². The van der Waals surface area contributed by atoms with Crippen molar-refractivity contribution in [3.8, 4) is 0 Å². The van der Waals surface area contributed by atoms with E-state index in [4.69, 9.17) is 4.74 Å². The summed E-state index contributed by atoms with van der Waals surface area (Å²) in [6.07, 6.45) is 5.00. The van der Waals surface area contributed by atoms with Crippen LogP contribution >= 0.6 is 0 Å². The third kappa shape index (κ3) is 2.06. The largest absolute Gasteiger partial charge is 0.465 e. The van der Waals surface area contributed by atoms with Crippen molar-refractivity contribution in [2.75, 3.05) is 6.61 Å². The minimum Gasteiger partial charge on any atom is -0.465 e. The molecule has 0 N–H and O–H groups in total. The first-order chi connectivity index (χ1) is 7.22. The smallest absolute Gasteiger partial charge is 0.316 e. The van der Waals surface area contributed by atoms with E-state index in [2.05, 4.69) is 0 Å². The Hall–Kier alpha value is -0.860. The van der Waals surface area contributed by atoms with Gasteiger partial charge in [-0.05, 0) is 31.6 Å². The molecule has 2 rings (SSSR count). The predicted molar refractivity (Wildman–Crippen MR) is 55.2 cm³/mol. The Labute approximate surface area is 90.2 Å². The molecule has 3 atom stereocenters. The quantitative estimate of drug-likeness (QED) is 0.517. The number of Topliss-reactive ketones (excluding diaryl/α,β-unsaturated/α-hetero) is 1. The molecule has 3 heteroatoms. The molecule has 2 fully saturated rings. The molecular formula is C12H18O3. The minimum atomic E-state index is -0.443. The first-order valence-electron chi connectivity index (χ1n) is 5.91. The van der Waals surface area contributed by atoms with Gasteiger partial charge in [0, 0.05) is 6.42 Å². The number of ether oxygens (including phenoxy) is 1. The van der Waals surface area contributed by atoms with Gasteiger partial charge in [-0.15, -0.1) is 0 Å². The van der Waals surface area contributed by atoms with Crippen LogP contribution in [0, 0.1) is 17.8 Å². The van der Waals surface area contributed by atoms with Gasteiger partial charge < -0.3 is 4.74 Å². The van der Waals surface area contributed by atoms with E-state index in [1.54, 1.807) is 6.92 Å². The molecule has 0 heterocycles. The molecule has 3 unspecified atom stereocenters. The van der Waals surface area contributed by atoms with Crippen molar-refractivity contribution in [2.24, 2.45) is 17.8 Å². The van der Waals surface area contributed by atoms with Crippen LogP contribution in [0.25, 0.3) is 0 Å². The topological polar surface area (TPSA) is 43.4 Å². The van der Waals surface area contributed by atoms with Crippen LogP contribution in [0.2, 0.25) is 0 Å². The van der Waals surface area contributed by atoms with Crippen LogP contribution in [0.3, 0.4) is 0 Å². The Morgan fingerprint density at radius 3 is 3.00 bits per heavy atom. The van der Waals surface area contributed by atoms with Crippen molar-refractivity contribution in [3.63, 3.8) is 0 Å². The van der Waals surface area contributed by atoms with E-state index in [1.807, 2.05) is 0 Å². The van der Waals surface area contributed by atoms with E-state index < -0.39 is 5.92 Å². The van der Waals surface area contributed by atoms with Gasteiger partial charge in [-0.25, -0.2) is 0 Å². The Kier molecular flexibility index (Phi) is 3.08. The molecular weight excluding hydrogens is 192 g/mol. The van der Waals surface area contributed by atoms with Crippen LogP contribution in [0.4, 0.5) is 0 Å². The summed E-state index contributed by atoms with van der Waals surface area (Å²) in [5.74, 6) is 0.203. The summed E-state index contributed by atoms with van der Waals surface area (Å²) in [7, 11) is 0. The summed E-state index contributed by atoms with van der Waals surface area (Å²) >= 11 is 0. The minimum absolute atomic E-state index is 0.120. The highest BCUT2D eigenvalue weighted by Gasteiger charge is 2.43. The zero-order valence-electron chi connectivity index (χ0n) is 9.20. The predicted octanol–water partition coefficient (Wildman–Crippen LogP) is 1.94. The molecule has 15 heavy (non-hydrogen) atoms. The SMILES string of the molecule is CCOC(=O)C1C(=O)CC2CCCC1C2. The molecule has 0 aromatic rings. The summed E-state index contributed by atoms with van der Waals surface area (Å²) in [4.78, 5) is 23.5. The zero-order valence-corrected chi connectivity index (χ0v) is 9.20. The van der Waals surface area contributed by atoms with Gasteiger partial charge in [0.15, 0.2) is 0 Å². The summed E-state index contributed by atoms with van der Waals surface area (Å²) in [5.41, 5.74) is 0. The van der Waals surface area contributed by atoms with Crippen LogP contribution in [-0.4, -0.2) is 18.4 Å². The average molecular weight is 210 g/mol. The maximum absolute atomic E-state index is 11.8. The van der Waals surface area contributed by atoms with Crippen LogP contribution in [0.1, 0.15) is 39.0 Å². The second kappa shape index (κ2) is 4.33. The molecule has 0 aliphatic heterocycles. The molecule has 0 saturated heterocycles. The first-order valence-corrected chi connectivity index (χ1v) is 5.91. The summed E-state index contributed by atoms with van der Waals surface area (Å²) in [5, 5.41) is 0. The highest BCUT2D eigenvalue weighted by Crippen LogP contribution is 2.41. The van der Waals surface area contributed by atoms with Gasteiger partial charge in [0.2, 0.25) is 0 Å². The van der Waals surface area contributed by atoms with Gasteiger partial charge in [-0.3, -0.25) is 9.59 Å². The van der Waals surface area contributed by atoms with E-state index in [0.717, 1.165) is 19.3 Å². The third-order valence-electron chi connectivity index (χ3n) is 3.67. The van der Waals surface area contributed by atoms with Crippen molar-refractivity contribution in [2.45, 2.75) is 39.0 Å². The lowest BCUT2D eigenvalue weighted by Gasteiger charge is -2.37. The molecule has 0 spiro atoms. The molecule has 3 nitrogen and oxygen atoms in total.